The van der Waals surface area contributed by atoms with Gasteiger partial charge >= 0.3 is 0 Å². The van der Waals surface area contributed by atoms with Gasteiger partial charge in [0.1, 0.15) is 5.82 Å². The van der Waals surface area contributed by atoms with E-state index in [1.807, 2.05) is 0 Å². The lowest BCUT2D eigenvalue weighted by molar-refractivity contribution is 0.102. The fourth-order valence-electron chi connectivity index (χ4n) is 1.48. The number of nitrogen functional groups attached to an aromatic ring is 1. The molecule has 3 nitrogen and oxygen atoms in total. The van der Waals surface area contributed by atoms with E-state index in [1.165, 1.54) is 6.07 Å². The van der Waals surface area contributed by atoms with Crippen LogP contribution in [-0.4, -0.2) is 5.91 Å². The number of hydrogen-bond donors (Lipinski definition) is 2. The molecule has 0 aliphatic rings. The molecule has 0 heterocycles. The van der Waals surface area contributed by atoms with Gasteiger partial charge in [-0.15, -0.1) is 0 Å². The molecule has 0 spiro atoms. The summed E-state index contributed by atoms with van der Waals surface area (Å²) in [7, 11) is 0. The maximum atomic E-state index is 13.1. The highest BCUT2D eigenvalue weighted by atomic mass is 79.9. The Balaban J connectivity index is 2.19. The number of nitrogens with one attached hydrogen (secondary N) is 1. The quantitative estimate of drug-likeness (QED) is 0.835. The molecule has 0 saturated heterocycles. The molecule has 2 aromatic carbocycles. The van der Waals surface area contributed by atoms with Crippen LogP contribution in [0.4, 0.5) is 15.8 Å². The third-order valence-corrected chi connectivity index (χ3v) is 2.81. The fourth-order valence-corrected chi connectivity index (χ4v) is 1.74. The molecule has 0 unspecified atom stereocenters. The van der Waals surface area contributed by atoms with Crippen molar-refractivity contribution in [3.05, 3.63) is 58.3 Å². The standard InChI is InChI=1S/C13H10BrFN2O/c14-9-1-3-12(4-2-9)17-13(18)8-5-10(15)7-11(16)6-8/h1-7H,16H2,(H,17,18). The lowest BCUT2D eigenvalue weighted by Gasteiger charge is -2.06. The average Bonchev–Trinajstić information content (AvgIpc) is 2.31. The van der Waals surface area contributed by atoms with Crippen LogP contribution in [0.3, 0.4) is 0 Å². The topological polar surface area (TPSA) is 55.1 Å². The van der Waals surface area contributed by atoms with Crippen molar-refractivity contribution in [3.63, 3.8) is 0 Å². The number of anilines is 2. The summed E-state index contributed by atoms with van der Waals surface area (Å²) in [5.74, 6) is -0.931. The van der Waals surface area contributed by atoms with Gasteiger partial charge in [-0.1, -0.05) is 15.9 Å². The molecular weight excluding hydrogens is 299 g/mol. The van der Waals surface area contributed by atoms with Crippen LogP contribution < -0.4 is 11.1 Å². The van der Waals surface area contributed by atoms with Crippen molar-refractivity contribution in [2.24, 2.45) is 0 Å². The first-order valence-electron chi connectivity index (χ1n) is 5.17. The zero-order valence-corrected chi connectivity index (χ0v) is 10.9. The molecule has 2 aromatic rings. The van der Waals surface area contributed by atoms with Crippen molar-refractivity contribution >= 4 is 33.2 Å². The van der Waals surface area contributed by atoms with E-state index in [1.54, 1.807) is 24.3 Å². The molecule has 1 amide bonds. The Labute approximate surface area is 112 Å². The van der Waals surface area contributed by atoms with E-state index in [4.69, 9.17) is 5.73 Å². The van der Waals surface area contributed by atoms with E-state index in [0.29, 0.717) is 5.69 Å². The van der Waals surface area contributed by atoms with Crippen molar-refractivity contribution in [1.29, 1.82) is 0 Å². The van der Waals surface area contributed by atoms with Crippen molar-refractivity contribution in [2.75, 3.05) is 11.1 Å². The Kier molecular flexibility index (Phi) is 3.62. The highest BCUT2D eigenvalue weighted by molar-refractivity contribution is 9.10. The number of carbonyl (C=O) groups is 1. The lowest BCUT2D eigenvalue weighted by atomic mass is 10.2. The minimum atomic E-state index is -0.532. The largest absolute Gasteiger partial charge is 0.399 e. The molecule has 0 aliphatic carbocycles. The van der Waals surface area contributed by atoms with E-state index >= 15 is 0 Å². The average molecular weight is 309 g/mol. The summed E-state index contributed by atoms with van der Waals surface area (Å²) >= 11 is 3.30. The normalized spacial score (nSPS) is 10.1. The van der Waals surface area contributed by atoms with Crippen LogP contribution in [0.5, 0.6) is 0 Å². The van der Waals surface area contributed by atoms with E-state index in [-0.39, 0.29) is 11.3 Å². The summed E-state index contributed by atoms with van der Waals surface area (Å²) in [6.45, 7) is 0. The Morgan fingerprint density at radius 2 is 1.83 bits per heavy atom. The number of carbonyl (C=O) groups excluding carboxylic acids is 1. The van der Waals surface area contributed by atoms with Gasteiger partial charge in [0.2, 0.25) is 0 Å². The Morgan fingerprint density at radius 3 is 2.44 bits per heavy atom. The van der Waals surface area contributed by atoms with Gasteiger partial charge in [-0.3, -0.25) is 4.79 Å². The molecule has 2 rings (SSSR count). The van der Waals surface area contributed by atoms with Gasteiger partial charge in [0.15, 0.2) is 0 Å². The molecule has 3 N–H and O–H groups in total. The summed E-state index contributed by atoms with van der Waals surface area (Å²) < 4.78 is 14.0. The first-order chi connectivity index (χ1) is 8.54. The van der Waals surface area contributed by atoms with Crippen LogP contribution in [0, 0.1) is 5.82 Å². The molecule has 0 atom stereocenters. The molecule has 0 fully saturated rings. The molecule has 18 heavy (non-hydrogen) atoms. The van der Waals surface area contributed by atoms with Crippen LogP contribution in [0.2, 0.25) is 0 Å². The molecule has 0 aromatic heterocycles. The Bertz CT molecular complexity index is 564. The zero-order chi connectivity index (χ0) is 13.1. The predicted molar refractivity (Wildman–Crippen MR) is 72.9 cm³/mol. The van der Waals surface area contributed by atoms with Crippen molar-refractivity contribution in [1.82, 2.24) is 0 Å². The minimum Gasteiger partial charge on any atom is -0.399 e. The first kappa shape index (κ1) is 12.6. The number of nitrogens with two attached hydrogens (primary N) is 1. The monoisotopic (exact) mass is 308 g/mol. The Hall–Kier alpha value is -1.88. The summed E-state index contributed by atoms with van der Waals surface area (Å²) in [5, 5.41) is 2.66. The maximum Gasteiger partial charge on any atom is 0.255 e. The van der Waals surface area contributed by atoms with E-state index < -0.39 is 11.7 Å². The van der Waals surface area contributed by atoms with Gasteiger partial charge in [0, 0.05) is 21.4 Å². The lowest BCUT2D eigenvalue weighted by Crippen LogP contribution is -2.12. The second-order valence-corrected chi connectivity index (χ2v) is 4.65. The van der Waals surface area contributed by atoms with Crippen LogP contribution >= 0.6 is 15.9 Å². The number of rotatable bonds is 2. The number of hydrogen-bond acceptors (Lipinski definition) is 2. The van der Waals surface area contributed by atoms with Crippen LogP contribution in [0.15, 0.2) is 46.9 Å². The summed E-state index contributed by atoms with van der Waals surface area (Å²) in [6.07, 6.45) is 0. The summed E-state index contributed by atoms with van der Waals surface area (Å²) in [5.41, 5.74) is 6.52. The van der Waals surface area contributed by atoms with Gasteiger partial charge in [-0.2, -0.15) is 0 Å². The number of halogens is 2. The smallest absolute Gasteiger partial charge is 0.255 e. The van der Waals surface area contributed by atoms with E-state index in [0.717, 1.165) is 16.6 Å². The van der Waals surface area contributed by atoms with Crippen molar-refractivity contribution < 1.29 is 9.18 Å². The second kappa shape index (κ2) is 5.18. The minimum absolute atomic E-state index is 0.190. The van der Waals surface area contributed by atoms with Crippen LogP contribution in [0.1, 0.15) is 10.4 Å². The SMILES string of the molecule is Nc1cc(F)cc(C(=O)Nc2ccc(Br)cc2)c1. The maximum absolute atomic E-state index is 13.1. The molecule has 0 bridgehead atoms. The third kappa shape index (κ3) is 3.07. The van der Waals surface area contributed by atoms with Gasteiger partial charge in [-0.25, -0.2) is 4.39 Å². The molecule has 92 valence electrons. The van der Waals surface area contributed by atoms with Crippen molar-refractivity contribution in [2.45, 2.75) is 0 Å². The molecule has 5 heteroatoms. The van der Waals surface area contributed by atoms with Gasteiger partial charge < -0.3 is 11.1 Å². The molecule has 0 saturated carbocycles. The highest BCUT2D eigenvalue weighted by Crippen LogP contribution is 2.16. The van der Waals surface area contributed by atoms with E-state index in [9.17, 15) is 9.18 Å². The molecule has 0 radical (unpaired) electrons. The number of amides is 1. The zero-order valence-electron chi connectivity index (χ0n) is 9.28. The first-order valence-corrected chi connectivity index (χ1v) is 5.97. The van der Waals surface area contributed by atoms with Crippen LogP contribution in [0.25, 0.3) is 0 Å². The van der Waals surface area contributed by atoms with Crippen molar-refractivity contribution in [3.8, 4) is 0 Å². The van der Waals surface area contributed by atoms with Gasteiger partial charge in [0.05, 0.1) is 0 Å². The van der Waals surface area contributed by atoms with Gasteiger partial charge in [0.25, 0.3) is 5.91 Å². The number of benzene rings is 2. The summed E-state index contributed by atoms with van der Waals surface area (Å²) in [4.78, 5) is 11.9. The molecule has 0 aliphatic heterocycles. The van der Waals surface area contributed by atoms with Crippen LogP contribution in [-0.2, 0) is 0 Å². The third-order valence-electron chi connectivity index (χ3n) is 2.28. The fraction of sp³-hybridized carbons (Fsp3) is 0. The Morgan fingerprint density at radius 1 is 1.17 bits per heavy atom. The van der Waals surface area contributed by atoms with Gasteiger partial charge in [-0.05, 0) is 42.5 Å². The van der Waals surface area contributed by atoms with E-state index in [2.05, 4.69) is 21.2 Å². The predicted octanol–water partition coefficient (Wildman–Crippen LogP) is 3.42. The molecular formula is C13H10BrFN2O. The highest BCUT2D eigenvalue weighted by Gasteiger charge is 2.08. The second-order valence-electron chi connectivity index (χ2n) is 3.73. The summed E-state index contributed by atoms with van der Waals surface area (Å²) in [6, 6.07) is 10.8.